The number of likely N-dealkylation sites (tertiary alicyclic amines) is 1. The molecule has 1 aromatic carbocycles. The minimum atomic E-state index is -0.877. The van der Waals surface area contributed by atoms with Gasteiger partial charge in [-0.15, -0.1) is 0 Å². The minimum absolute atomic E-state index is 0.339. The predicted molar refractivity (Wildman–Crippen MR) is 75.1 cm³/mol. The van der Waals surface area contributed by atoms with Gasteiger partial charge >= 0.3 is 5.97 Å². The Bertz CT molecular complexity index is 430. The molecule has 1 aliphatic heterocycles. The van der Waals surface area contributed by atoms with E-state index < -0.39 is 5.97 Å². The Balaban J connectivity index is 2.05. The zero-order chi connectivity index (χ0) is 13.8. The van der Waals surface area contributed by atoms with E-state index in [-0.39, 0.29) is 0 Å². The first kappa shape index (κ1) is 14.0. The molecule has 0 spiro atoms. The Kier molecular flexibility index (Phi) is 4.56. The second-order valence-corrected chi connectivity index (χ2v) is 5.40. The largest absolute Gasteiger partial charge is 0.478 e. The fraction of sp³-hybridized carbons (Fsp3) is 0.533. The van der Waals surface area contributed by atoms with E-state index in [2.05, 4.69) is 11.8 Å². The number of benzene rings is 1. The lowest BCUT2D eigenvalue weighted by Crippen LogP contribution is -2.47. The molecule has 19 heavy (non-hydrogen) atoms. The van der Waals surface area contributed by atoms with Gasteiger partial charge in [0.1, 0.15) is 0 Å². The van der Waals surface area contributed by atoms with Crippen molar-refractivity contribution >= 4 is 5.97 Å². The summed E-state index contributed by atoms with van der Waals surface area (Å²) in [5.74, 6) is -0.241. The van der Waals surface area contributed by atoms with E-state index in [1.165, 1.54) is 12.8 Å². The fourth-order valence-electron chi connectivity index (χ4n) is 2.90. The SMILES string of the molecule is CC1CCCN(Cc2ccc(C(=O)O)cc2)C1CN. The van der Waals surface area contributed by atoms with Crippen LogP contribution in [0.3, 0.4) is 0 Å². The molecule has 2 rings (SSSR count). The van der Waals surface area contributed by atoms with E-state index in [0.29, 0.717) is 24.1 Å². The van der Waals surface area contributed by atoms with Crippen LogP contribution >= 0.6 is 0 Å². The molecule has 1 heterocycles. The molecule has 1 aliphatic rings. The molecule has 0 bridgehead atoms. The maximum absolute atomic E-state index is 10.8. The van der Waals surface area contributed by atoms with Crippen molar-refractivity contribution in [2.24, 2.45) is 11.7 Å². The highest BCUT2D eigenvalue weighted by atomic mass is 16.4. The number of carboxylic acids is 1. The fourth-order valence-corrected chi connectivity index (χ4v) is 2.90. The molecule has 0 radical (unpaired) electrons. The zero-order valence-corrected chi connectivity index (χ0v) is 11.4. The minimum Gasteiger partial charge on any atom is -0.478 e. The lowest BCUT2D eigenvalue weighted by Gasteiger charge is -2.39. The highest BCUT2D eigenvalue weighted by molar-refractivity contribution is 5.87. The third-order valence-corrected chi connectivity index (χ3v) is 4.06. The number of carboxylic acid groups (broad SMARTS) is 1. The van der Waals surface area contributed by atoms with Crippen LogP contribution in [0.2, 0.25) is 0 Å². The van der Waals surface area contributed by atoms with Crippen LogP contribution in [0.15, 0.2) is 24.3 Å². The number of hydrogen-bond donors (Lipinski definition) is 2. The van der Waals surface area contributed by atoms with Gasteiger partial charge in [-0.2, -0.15) is 0 Å². The van der Waals surface area contributed by atoms with Gasteiger partial charge in [0.15, 0.2) is 0 Å². The molecular weight excluding hydrogens is 240 g/mol. The third kappa shape index (κ3) is 3.33. The average molecular weight is 262 g/mol. The summed E-state index contributed by atoms with van der Waals surface area (Å²) in [6, 6.07) is 7.57. The van der Waals surface area contributed by atoms with Crippen LogP contribution in [0.25, 0.3) is 0 Å². The molecule has 4 heteroatoms. The molecule has 0 aliphatic carbocycles. The van der Waals surface area contributed by atoms with Crippen molar-refractivity contribution in [2.75, 3.05) is 13.1 Å². The standard InChI is InChI=1S/C15H22N2O2/c1-11-3-2-8-17(14(11)9-16)10-12-4-6-13(7-5-12)15(18)19/h4-7,11,14H,2-3,8-10,16H2,1H3,(H,18,19). The predicted octanol–water partition coefficient (Wildman–Crippen LogP) is 1.94. The van der Waals surface area contributed by atoms with Crippen LogP contribution in [0, 0.1) is 5.92 Å². The van der Waals surface area contributed by atoms with E-state index in [1.807, 2.05) is 12.1 Å². The second kappa shape index (κ2) is 6.17. The smallest absolute Gasteiger partial charge is 0.335 e. The summed E-state index contributed by atoms with van der Waals surface area (Å²) in [4.78, 5) is 13.2. The van der Waals surface area contributed by atoms with Gasteiger partial charge in [-0.3, -0.25) is 4.90 Å². The summed E-state index contributed by atoms with van der Waals surface area (Å²) in [5.41, 5.74) is 7.37. The summed E-state index contributed by atoms with van der Waals surface area (Å²) in [7, 11) is 0. The molecule has 1 aromatic rings. The Morgan fingerprint density at radius 1 is 1.42 bits per heavy atom. The van der Waals surface area contributed by atoms with Gasteiger partial charge in [-0.1, -0.05) is 19.1 Å². The number of piperidine rings is 1. The van der Waals surface area contributed by atoms with Gasteiger partial charge in [-0.25, -0.2) is 4.79 Å². The van der Waals surface area contributed by atoms with Crippen molar-refractivity contribution in [3.8, 4) is 0 Å². The van der Waals surface area contributed by atoms with Crippen molar-refractivity contribution in [1.82, 2.24) is 4.90 Å². The van der Waals surface area contributed by atoms with Crippen molar-refractivity contribution in [3.05, 3.63) is 35.4 Å². The van der Waals surface area contributed by atoms with Crippen molar-refractivity contribution in [2.45, 2.75) is 32.4 Å². The molecule has 2 unspecified atom stereocenters. The molecule has 1 saturated heterocycles. The van der Waals surface area contributed by atoms with Crippen LogP contribution in [0.4, 0.5) is 0 Å². The number of hydrogen-bond acceptors (Lipinski definition) is 3. The Morgan fingerprint density at radius 3 is 2.68 bits per heavy atom. The number of aromatic carboxylic acids is 1. The molecule has 104 valence electrons. The van der Waals surface area contributed by atoms with Crippen LogP contribution < -0.4 is 5.73 Å². The van der Waals surface area contributed by atoms with E-state index in [4.69, 9.17) is 10.8 Å². The first-order valence-corrected chi connectivity index (χ1v) is 6.88. The Labute approximate surface area is 114 Å². The number of nitrogens with zero attached hydrogens (tertiary/aromatic N) is 1. The molecule has 0 aromatic heterocycles. The maximum atomic E-state index is 10.8. The van der Waals surface area contributed by atoms with Gasteiger partial charge in [0, 0.05) is 19.1 Å². The van der Waals surface area contributed by atoms with E-state index in [9.17, 15) is 4.79 Å². The second-order valence-electron chi connectivity index (χ2n) is 5.40. The highest BCUT2D eigenvalue weighted by Gasteiger charge is 2.27. The summed E-state index contributed by atoms with van der Waals surface area (Å²) in [5, 5.41) is 8.89. The van der Waals surface area contributed by atoms with Gasteiger partial charge in [0.25, 0.3) is 0 Å². The van der Waals surface area contributed by atoms with Crippen molar-refractivity contribution in [1.29, 1.82) is 0 Å². The number of carbonyl (C=O) groups is 1. The van der Waals surface area contributed by atoms with Crippen molar-refractivity contribution in [3.63, 3.8) is 0 Å². The molecule has 0 amide bonds. The number of rotatable bonds is 4. The van der Waals surface area contributed by atoms with Crippen LogP contribution in [0.5, 0.6) is 0 Å². The monoisotopic (exact) mass is 262 g/mol. The quantitative estimate of drug-likeness (QED) is 0.870. The Hall–Kier alpha value is -1.39. The lowest BCUT2D eigenvalue weighted by molar-refractivity contribution is 0.0697. The van der Waals surface area contributed by atoms with Gasteiger partial charge in [-0.05, 0) is 43.0 Å². The molecular formula is C15H22N2O2. The van der Waals surface area contributed by atoms with Gasteiger partial charge in [0.2, 0.25) is 0 Å². The van der Waals surface area contributed by atoms with Gasteiger partial charge < -0.3 is 10.8 Å². The average Bonchev–Trinajstić information content (AvgIpc) is 2.39. The molecule has 0 saturated carbocycles. The lowest BCUT2D eigenvalue weighted by atomic mass is 9.90. The first-order chi connectivity index (χ1) is 9.11. The van der Waals surface area contributed by atoms with Gasteiger partial charge in [0.05, 0.1) is 5.56 Å². The van der Waals surface area contributed by atoms with E-state index >= 15 is 0 Å². The molecule has 4 nitrogen and oxygen atoms in total. The van der Waals surface area contributed by atoms with E-state index in [1.54, 1.807) is 12.1 Å². The summed E-state index contributed by atoms with van der Waals surface area (Å²) < 4.78 is 0. The normalized spacial score (nSPS) is 24.3. The number of nitrogens with two attached hydrogens (primary N) is 1. The highest BCUT2D eigenvalue weighted by Crippen LogP contribution is 2.24. The summed E-state index contributed by atoms with van der Waals surface area (Å²) in [6.45, 7) is 4.88. The summed E-state index contributed by atoms with van der Waals surface area (Å²) >= 11 is 0. The van der Waals surface area contributed by atoms with Crippen LogP contribution in [0.1, 0.15) is 35.7 Å². The van der Waals surface area contributed by atoms with Crippen LogP contribution in [-0.2, 0) is 6.54 Å². The molecule has 1 fully saturated rings. The molecule has 2 atom stereocenters. The van der Waals surface area contributed by atoms with E-state index in [0.717, 1.165) is 18.7 Å². The Morgan fingerprint density at radius 2 is 2.11 bits per heavy atom. The topological polar surface area (TPSA) is 66.6 Å². The maximum Gasteiger partial charge on any atom is 0.335 e. The summed E-state index contributed by atoms with van der Waals surface area (Å²) in [6.07, 6.45) is 2.46. The third-order valence-electron chi connectivity index (χ3n) is 4.06. The zero-order valence-electron chi connectivity index (χ0n) is 11.4. The van der Waals surface area contributed by atoms with Crippen LogP contribution in [-0.4, -0.2) is 35.1 Å². The molecule has 3 N–H and O–H groups in total. The first-order valence-electron chi connectivity index (χ1n) is 6.88. The van der Waals surface area contributed by atoms with Crippen molar-refractivity contribution < 1.29 is 9.90 Å².